The van der Waals surface area contributed by atoms with Crippen LogP contribution in [0.5, 0.6) is 0 Å². The number of aromatic nitrogens is 2. The van der Waals surface area contributed by atoms with Crippen LogP contribution >= 0.6 is 0 Å². The highest BCUT2D eigenvalue weighted by Gasteiger charge is 2.38. The lowest BCUT2D eigenvalue weighted by Gasteiger charge is -2.24. The Hall–Kier alpha value is -1.36. The molecule has 0 radical (unpaired) electrons. The van der Waals surface area contributed by atoms with Crippen molar-refractivity contribution < 1.29 is 9.53 Å². The first-order valence-electron chi connectivity index (χ1n) is 6.30. The Balaban J connectivity index is 2.13. The minimum Gasteiger partial charge on any atom is -0.460 e. The minimum atomic E-state index is -0.434. The molecule has 0 amide bonds. The molecule has 5 nitrogen and oxygen atoms in total. The number of nitrogens with zero attached hydrogens (tertiary/aromatic N) is 2. The summed E-state index contributed by atoms with van der Waals surface area (Å²) in [6.07, 6.45) is 1.76. The van der Waals surface area contributed by atoms with Gasteiger partial charge in [-0.1, -0.05) is 0 Å². The highest BCUT2D eigenvalue weighted by atomic mass is 16.6. The number of ether oxygens (including phenoxy) is 1. The van der Waals surface area contributed by atoms with Crippen LogP contribution in [0.3, 0.4) is 0 Å². The van der Waals surface area contributed by atoms with E-state index in [1.54, 1.807) is 6.20 Å². The second kappa shape index (κ2) is 4.72. The zero-order valence-electron chi connectivity index (χ0n) is 11.4. The summed E-state index contributed by atoms with van der Waals surface area (Å²) < 4.78 is 7.31. The van der Waals surface area contributed by atoms with Gasteiger partial charge >= 0.3 is 5.97 Å². The summed E-state index contributed by atoms with van der Waals surface area (Å²) >= 11 is 0. The third-order valence-electron chi connectivity index (χ3n) is 3.16. The van der Waals surface area contributed by atoms with E-state index in [4.69, 9.17) is 4.74 Å². The molecule has 1 aromatic heterocycles. The minimum absolute atomic E-state index is 0.125. The molecule has 2 atom stereocenters. The number of nitrogens with one attached hydrogen (secondary N) is 1. The number of hydrogen-bond donors (Lipinski definition) is 1. The maximum absolute atomic E-state index is 12.2. The molecule has 0 aromatic carbocycles. The first kappa shape index (κ1) is 13.1. The van der Waals surface area contributed by atoms with E-state index in [0.29, 0.717) is 6.54 Å². The molecule has 0 spiro atoms. The summed E-state index contributed by atoms with van der Waals surface area (Å²) in [5.41, 5.74) is 0.646. The number of rotatable bonds is 2. The summed E-state index contributed by atoms with van der Waals surface area (Å²) in [6.45, 7) is 7.15. The quantitative estimate of drug-likeness (QED) is 0.799. The van der Waals surface area contributed by atoms with Gasteiger partial charge in [0.15, 0.2) is 0 Å². The van der Waals surface area contributed by atoms with Gasteiger partial charge < -0.3 is 10.1 Å². The van der Waals surface area contributed by atoms with Gasteiger partial charge in [0.2, 0.25) is 0 Å². The summed E-state index contributed by atoms with van der Waals surface area (Å²) in [5.74, 6) is -0.106. The lowest BCUT2D eigenvalue weighted by molar-refractivity contribution is -0.159. The van der Waals surface area contributed by atoms with Gasteiger partial charge in [0.05, 0.1) is 5.92 Å². The van der Waals surface area contributed by atoms with E-state index in [1.165, 1.54) is 0 Å². The lowest BCUT2D eigenvalue weighted by atomic mass is 9.92. The van der Waals surface area contributed by atoms with Crippen LogP contribution in [-0.2, 0) is 16.6 Å². The largest absolute Gasteiger partial charge is 0.460 e. The molecule has 1 N–H and O–H groups in total. The van der Waals surface area contributed by atoms with E-state index < -0.39 is 5.60 Å². The second-order valence-electron chi connectivity index (χ2n) is 5.78. The van der Waals surface area contributed by atoms with Crippen LogP contribution in [0.1, 0.15) is 32.4 Å². The Morgan fingerprint density at radius 3 is 2.78 bits per heavy atom. The third-order valence-corrected chi connectivity index (χ3v) is 3.16. The smallest absolute Gasteiger partial charge is 0.311 e. The molecule has 2 heterocycles. The molecule has 1 fully saturated rings. The van der Waals surface area contributed by atoms with Crippen molar-refractivity contribution in [2.24, 2.45) is 13.0 Å². The van der Waals surface area contributed by atoms with Crippen molar-refractivity contribution in [3.8, 4) is 0 Å². The number of aryl methyl sites for hydroxylation is 1. The van der Waals surface area contributed by atoms with Gasteiger partial charge in [0.1, 0.15) is 5.60 Å². The van der Waals surface area contributed by atoms with Gasteiger partial charge in [0.25, 0.3) is 0 Å². The SMILES string of the molecule is Cn1nccc1C1CNCC1C(=O)OC(C)(C)C. The Labute approximate surface area is 108 Å². The van der Waals surface area contributed by atoms with Crippen LogP contribution in [0.15, 0.2) is 12.3 Å². The predicted molar refractivity (Wildman–Crippen MR) is 68.2 cm³/mol. The highest BCUT2D eigenvalue weighted by Crippen LogP contribution is 2.29. The normalized spacial score (nSPS) is 24.2. The van der Waals surface area contributed by atoms with Crippen molar-refractivity contribution in [2.45, 2.75) is 32.3 Å². The molecule has 0 saturated carbocycles. The first-order chi connectivity index (χ1) is 8.38. The molecule has 1 aliphatic rings. The highest BCUT2D eigenvalue weighted by molar-refractivity contribution is 5.75. The fourth-order valence-electron chi connectivity index (χ4n) is 2.36. The Morgan fingerprint density at radius 2 is 2.22 bits per heavy atom. The van der Waals surface area contributed by atoms with E-state index in [-0.39, 0.29) is 17.8 Å². The summed E-state index contributed by atoms with van der Waals surface area (Å²) in [5, 5.41) is 7.43. The fourth-order valence-corrected chi connectivity index (χ4v) is 2.36. The number of hydrogen-bond acceptors (Lipinski definition) is 4. The zero-order valence-corrected chi connectivity index (χ0v) is 11.4. The monoisotopic (exact) mass is 251 g/mol. The number of carbonyl (C=O) groups is 1. The van der Waals surface area contributed by atoms with E-state index in [9.17, 15) is 4.79 Å². The van der Waals surface area contributed by atoms with Crippen LogP contribution in [0.2, 0.25) is 0 Å². The van der Waals surface area contributed by atoms with Crippen LogP contribution in [-0.4, -0.2) is 34.4 Å². The average Bonchev–Trinajstić information content (AvgIpc) is 2.82. The molecule has 1 aliphatic heterocycles. The zero-order chi connectivity index (χ0) is 13.3. The van der Waals surface area contributed by atoms with Crippen LogP contribution in [0, 0.1) is 5.92 Å². The van der Waals surface area contributed by atoms with Gasteiger partial charge in [-0.2, -0.15) is 5.10 Å². The topological polar surface area (TPSA) is 56.2 Å². The predicted octanol–water partition coefficient (Wildman–Crippen LogP) is 1.06. The molecule has 0 aliphatic carbocycles. The molecule has 100 valence electrons. The Bertz CT molecular complexity index is 434. The molecule has 1 aromatic rings. The van der Waals surface area contributed by atoms with Gasteiger partial charge in [-0.3, -0.25) is 9.48 Å². The Morgan fingerprint density at radius 1 is 1.50 bits per heavy atom. The molecule has 1 saturated heterocycles. The molecular weight excluding hydrogens is 230 g/mol. The Kier molecular flexibility index (Phi) is 3.43. The molecule has 2 unspecified atom stereocenters. The van der Waals surface area contributed by atoms with Crippen LogP contribution in [0.25, 0.3) is 0 Å². The second-order valence-corrected chi connectivity index (χ2v) is 5.78. The van der Waals surface area contributed by atoms with E-state index in [1.807, 2.05) is 38.6 Å². The van der Waals surface area contributed by atoms with E-state index in [2.05, 4.69) is 10.4 Å². The maximum atomic E-state index is 12.2. The molecule has 0 bridgehead atoms. The average molecular weight is 251 g/mol. The van der Waals surface area contributed by atoms with E-state index in [0.717, 1.165) is 12.2 Å². The van der Waals surface area contributed by atoms with Crippen LogP contribution in [0.4, 0.5) is 0 Å². The van der Waals surface area contributed by atoms with Crippen molar-refractivity contribution >= 4 is 5.97 Å². The van der Waals surface area contributed by atoms with Crippen molar-refractivity contribution in [3.63, 3.8) is 0 Å². The van der Waals surface area contributed by atoms with Crippen molar-refractivity contribution in [3.05, 3.63) is 18.0 Å². The third kappa shape index (κ3) is 2.72. The maximum Gasteiger partial charge on any atom is 0.311 e. The number of carbonyl (C=O) groups excluding carboxylic acids is 1. The van der Waals surface area contributed by atoms with Crippen molar-refractivity contribution in [1.82, 2.24) is 15.1 Å². The standard InChI is InChI=1S/C13H21N3O2/c1-13(2,3)18-12(17)10-8-14-7-9(10)11-5-6-15-16(11)4/h5-6,9-10,14H,7-8H2,1-4H3. The first-order valence-corrected chi connectivity index (χ1v) is 6.30. The summed E-state index contributed by atoms with van der Waals surface area (Å²) in [7, 11) is 1.90. The van der Waals surface area contributed by atoms with Gasteiger partial charge in [-0.15, -0.1) is 0 Å². The van der Waals surface area contributed by atoms with Crippen molar-refractivity contribution in [2.75, 3.05) is 13.1 Å². The van der Waals surface area contributed by atoms with Gasteiger partial charge in [-0.25, -0.2) is 0 Å². The van der Waals surface area contributed by atoms with Crippen molar-refractivity contribution in [1.29, 1.82) is 0 Å². The molecule has 2 rings (SSSR count). The molecular formula is C13H21N3O2. The van der Waals surface area contributed by atoms with E-state index >= 15 is 0 Å². The number of esters is 1. The molecule has 18 heavy (non-hydrogen) atoms. The summed E-state index contributed by atoms with van der Waals surface area (Å²) in [4.78, 5) is 12.2. The summed E-state index contributed by atoms with van der Waals surface area (Å²) in [6, 6.07) is 1.97. The lowest BCUT2D eigenvalue weighted by Crippen LogP contribution is -2.32. The molecule has 5 heteroatoms. The van der Waals surface area contributed by atoms with Gasteiger partial charge in [0, 0.05) is 37.9 Å². The van der Waals surface area contributed by atoms with Crippen LogP contribution < -0.4 is 5.32 Å². The van der Waals surface area contributed by atoms with Gasteiger partial charge in [-0.05, 0) is 26.8 Å². The fraction of sp³-hybridized carbons (Fsp3) is 0.692.